The summed E-state index contributed by atoms with van der Waals surface area (Å²) in [4.78, 5) is 15.7. The molecule has 3 atom stereocenters. The van der Waals surface area contributed by atoms with Crippen molar-refractivity contribution < 1.29 is 19.7 Å². The summed E-state index contributed by atoms with van der Waals surface area (Å²) in [5.41, 5.74) is 7.07. The SMILES string of the molecule is NC(=O)c1ncc([C@H]2C[C@H](O)[C@@H](CO)O2)n1Cc1ccccc1. The number of aliphatic hydroxyl groups is 2. The smallest absolute Gasteiger partial charge is 0.284 e. The summed E-state index contributed by atoms with van der Waals surface area (Å²) >= 11 is 0. The first-order valence-corrected chi connectivity index (χ1v) is 7.43. The van der Waals surface area contributed by atoms with Crippen LogP contribution in [0.15, 0.2) is 36.5 Å². The number of hydrogen-bond acceptors (Lipinski definition) is 5. The van der Waals surface area contributed by atoms with Crippen molar-refractivity contribution in [3.8, 4) is 0 Å². The Morgan fingerprint density at radius 2 is 2.13 bits per heavy atom. The van der Waals surface area contributed by atoms with Crippen molar-refractivity contribution in [3.05, 3.63) is 53.6 Å². The van der Waals surface area contributed by atoms with E-state index >= 15 is 0 Å². The van der Waals surface area contributed by atoms with Gasteiger partial charge in [0.25, 0.3) is 5.91 Å². The van der Waals surface area contributed by atoms with Crippen LogP contribution in [0.1, 0.15) is 34.4 Å². The van der Waals surface area contributed by atoms with Crippen LogP contribution in [0.25, 0.3) is 0 Å². The van der Waals surface area contributed by atoms with Gasteiger partial charge >= 0.3 is 0 Å². The van der Waals surface area contributed by atoms with E-state index in [-0.39, 0.29) is 12.4 Å². The van der Waals surface area contributed by atoms with Crippen LogP contribution in [0.2, 0.25) is 0 Å². The summed E-state index contributed by atoms with van der Waals surface area (Å²) < 4.78 is 7.37. The Bertz CT molecular complexity index is 686. The van der Waals surface area contributed by atoms with E-state index in [2.05, 4.69) is 4.98 Å². The molecule has 4 N–H and O–H groups in total. The molecule has 3 rings (SSSR count). The minimum absolute atomic E-state index is 0.148. The zero-order valence-electron chi connectivity index (χ0n) is 12.5. The second-order valence-corrected chi connectivity index (χ2v) is 5.59. The molecule has 2 heterocycles. The van der Waals surface area contributed by atoms with Gasteiger partial charge in [-0.1, -0.05) is 30.3 Å². The molecule has 1 amide bonds. The highest BCUT2D eigenvalue weighted by Gasteiger charge is 2.36. The number of rotatable bonds is 5. The number of aliphatic hydroxyl groups excluding tert-OH is 2. The van der Waals surface area contributed by atoms with Crippen LogP contribution in [0, 0.1) is 0 Å². The Morgan fingerprint density at radius 3 is 2.74 bits per heavy atom. The van der Waals surface area contributed by atoms with Gasteiger partial charge in [-0.15, -0.1) is 0 Å². The number of carbonyl (C=O) groups excluding carboxylic acids is 1. The third-order valence-corrected chi connectivity index (χ3v) is 4.02. The van der Waals surface area contributed by atoms with Gasteiger partial charge in [-0.2, -0.15) is 0 Å². The summed E-state index contributed by atoms with van der Waals surface area (Å²) in [7, 11) is 0. The second kappa shape index (κ2) is 6.49. The molecular formula is C16H19N3O4. The van der Waals surface area contributed by atoms with Gasteiger partial charge in [0.05, 0.1) is 24.6 Å². The normalized spacial score (nSPS) is 24.0. The van der Waals surface area contributed by atoms with Gasteiger partial charge in [0, 0.05) is 13.0 Å². The van der Waals surface area contributed by atoms with Gasteiger partial charge in [-0.3, -0.25) is 4.79 Å². The van der Waals surface area contributed by atoms with E-state index in [1.165, 1.54) is 0 Å². The molecular weight excluding hydrogens is 298 g/mol. The summed E-state index contributed by atoms with van der Waals surface area (Å²) in [5.74, 6) is -0.473. The Balaban J connectivity index is 1.93. The minimum Gasteiger partial charge on any atom is -0.394 e. The van der Waals surface area contributed by atoms with Crippen molar-refractivity contribution in [1.29, 1.82) is 0 Å². The van der Waals surface area contributed by atoms with E-state index in [1.807, 2.05) is 30.3 Å². The lowest BCUT2D eigenvalue weighted by Crippen LogP contribution is -2.24. The summed E-state index contributed by atoms with van der Waals surface area (Å²) in [6.07, 6.45) is 0.0649. The molecule has 122 valence electrons. The average molecular weight is 317 g/mol. The predicted octanol–water partition coefficient (Wildman–Crippen LogP) is 0.213. The third kappa shape index (κ3) is 3.12. The number of amides is 1. The van der Waals surface area contributed by atoms with Crippen LogP contribution in [0.3, 0.4) is 0 Å². The van der Waals surface area contributed by atoms with Gasteiger partial charge in [-0.25, -0.2) is 4.98 Å². The van der Waals surface area contributed by atoms with Crippen molar-refractivity contribution in [3.63, 3.8) is 0 Å². The maximum Gasteiger partial charge on any atom is 0.284 e. The van der Waals surface area contributed by atoms with Crippen molar-refractivity contribution in [2.75, 3.05) is 6.61 Å². The molecule has 1 aromatic heterocycles. The average Bonchev–Trinajstić information content (AvgIpc) is 3.11. The van der Waals surface area contributed by atoms with E-state index in [1.54, 1.807) is 10.8 Å². The molecule has 0 radical (unpaired) electrons. The molecule has 7 nitrogen and oxygen atoms in total. The molecule has 1 saturated heterocycles. The molecule has 0 unspecified atom stereocenters. The zero-order valence-corrected chi connectivity index (χ0v) is 12.5. The van der Waals surface area contributed by atoms with E-state index in [4.69, 9.17) is 10.5 Å². The number of aromatic nitrogens is 2. The minimum atomic E-state index is -0.748. The molecule has 23 heavy (non-hydrogen) atoms. The Kier molecular flexibility index (Phi) is 4.42. The standard InChI is InChI=1S/C16H19N3O4/c17-15(22)16-18-7-11(13-6-12(21)14(9-20)23-13)19(16)8-10-4-2-1-3-5-10/h1-5,7,12-14,20-21H,6,8-9H2,(H2,17,22)/t12-,13+,14+/m0/s1. The van der Waals surface area contributed by atoms with Gasteiger partial charge < -0.3 is 25.3 Å². The van der Waals surface area contributed by atoms with Crippen LogP contribution in [-0.2, 0) is 11.3 Å². The maximum absolute atomic E-state index is 11.6. The lowest BCUT2D eigenvalue weighted by atomic mass is 10.1. The molecule has 1 aliphatic heterocycles. The van der Waals surface area contributed by atoms with E-state index in [0.29, 0.717) is 18.7 Å². The van der Waals surface area contributed by atoms with Crippen molar-refractivity contribution in [2.24, 2.45) is 5.73 Å². The number of hydrogen-bond donors (Lipinski definition) is 3. The van der Waals surface area contributed by atoms with Crippen LogP contribution < -0.4 is 5.73 Å². The molecule has 2 aromatic rings. The highest BCUT2D eigenvalue weighted by Crippen LogP contribution is 2.33. The molecule has 1 aliphatic rings. The molecule has 0 bridgehead atoms. The fourth-order valence-electron chi connectivity index (χ4n) is 2.86. The fraction of sp³-hybridized carbons (Fsp3) is 0.375. The highest BCUT2D eigenvalue weighted by atomic mass is 16.5. The fourth-order valence-corrected chi connectivity index (χ4v) is 2.86. The molecule has 0 spiro atoms. The van der Waals surface area contributed by atoms with Crippen molar-refractivity contribution in [1.82, 2.24) is 9.55 Å². The van der Waals surface area contributed by atoms with E-state index in [9.17, 15) is 15.0 Å². The Labute approximate surface area is 133 Å². The highest BCUT2D eigenvalue weighted by molar-refractivity contribution is 5.89. The van der Waals surface area contributed by atoms with Crippen LogP contribution in [0.4, 0.5) is 0 Å². The van der Waals surface area contributed by atoms with Crippen molar-refractivity contribution >= 4 is 5.91 Å². The van der Waals surface area contributed by atoms with Crippen LogP contribution in [-0.4, -0.2) is 44.5 Å². The molecule has 0 saturated carbocycles. The van der Waals surface area contributed by atoms with Crippen molar-refractivity contribution in [2.45, 2.75) is 31.3 Å². The summed E-state index contributed by atoms with van der Waals surface area (Å²) in [5, 5.41) is 19.1. The van der Waals surface area contributed by atoms with Gasteiger partial charge in [0.15, 0.2) is 5.82 Å². The summed E-state index contributed by atoms with van der Waals surface area (Å²) in [6, 6.07) is 9.61. The van der Waals surface area contributed by atoms with Crippen LogP contribution >= 0.6 is 0 Å². The van der Waals surface area contributed by atoms with E-state index in [0.717, 1.165) is 5.56 Å². The zero-order chi connectivity index (χ0) is 16.4. The first-order valence-electron chi connectivity index (χ1n) is 7.43. The Morgan fingerprint density at radius 1 is 1.39 bits per heavy atom. The van der Waals surface area contributed by atoms with Gasteiger partial charge in [0.1, 0.15) is 12.2 Å². The van der Waals surface area contributed by atoms with E-state index < -0.39 is 24.2 Å². The number of nitrogens with zero attached hydrogens (tertiary/aromatic N) is 2. The molecule has 7 heteroatoms. The van der Waals surface area contributed by atoms with Gasteiger partial charge in [0.2, 0.25) is 0 Å². The maximum atomic E-state index is 11.6. The lowest BCUT2D eigenvalue weighted by Gasteiger charge is -2.16. The van der Waals surface area contributed by atoms with Gasteiger partial charge in [-0.05, 0) is 5.56 Å². The molecule has 1 fully saturated rings. The predicted molar refractivity (Wildman–Crippen MR) is 81.6 cm³/mol. The number of primary amides is 1. The Hall–Kier alpha value is -2.22. The first kappa shape index (κ1) is 15.7. The topological polar surface area (TPSA) is 111 Å². The number of nitrogens with two attached hydrogens (primary N) is 1. The lowest BCUT2D eigenvalue weighted by molar-refractivity contribution is -0.0243. The summed E-state index contributed by atoms with van der Waals surface area (Å²) in [6.45, 7) is 0.168. The largest absolute Gasteiger partial charge is 0.394 e. The number of benzene rings is 1. The number of ether oxygens (including phenoxy) is 1. The molecule has 1 aromatic carbocycles. The monoisotopic (exact) mass is 317 g/mol. The first-order chi connectivity index (χ1) is 11.1. The molecule has 0 aliphatic carbocycles. The third-order valence-electron chi connectivity index (χ3n) is 4.02. The second-order valence-electron chi connectivity index (χ2n) is 5.59. The quantitative estimate of drug-likeness (QED) is 0.730. The number of imidazole rings is 1. The number of carbonyl (C=O) groups is 1. The van der Waals surface area contributed by atoms with Crippen LogP contribution in [0.5, 0.6) is 0 Å².